The third kappa shape index (κ3) is 3.35. The predicted octanol–water partition coefficient (Wildman–Crippen LogP) is 4.04. The van der Waals surface area contributed by atoms with Gasteiger partial charge in [-0.1, -0.05) is 6.07 Å². The lowest BCUT2D eigenvalue weighted by Crippen LogP contribution is -2.37. The summed E-state index contributed by atoms with van der Waals surface area (Å²) in [5.41, 5.74) is 2.15. The molecule has 5 rings (SSSR count). The molecule has 8 heteroatoms. The van der Waals surface area contributed by atoms with Crippen LogP contribution in [-0.4, -0.2) is 29.5 Å². The summed E-state index contributed by atoms with van der Waals surface area (Å²) in [6.07, 6.45) is -2.14. The summed E-state index contributed by atoms with van der Waals surface area (Å²) in [6, 6.07) is 9.21. The van der Waals surface area contributed by atoms with Crippen molar-refractivity contribution < 1.29 is 27.4 Å². The molecule has 152 valence electrons. The number of fused-ring (bicyclic) bond motifs is 5. The van der Waals surface area contributed by atoms with E-state index in [4.69, 9.17) is 4.74 Å². The molecule has 29 heavy (non-hydrogen) atoms. The van der Waals surface area contributed by atoms with E-state index in [0.717, 1.165) is 17.7 Å². The average molecular weight is 404 g/mol. The minimum atomic E-state index is -4.79. The van der Waals surface area contributed by atoms with Crippen molar-refractivity contribution in [3.05, 3.63) is 53.9 Å². The van der Waals surface area contributed by atoms with Gasteiger partial charge in [-0.25, -0.2) is 0 Å². The van der Waals surface area contributed by atoms with Gasteiger partial charge in [-0.3, -0.25) is 9.78 Å². The van der Waals surface area contributed by atoms with Gasteiger partial charge in [0.2, 0.25) is 5.91 Å². The molecule has 1 aromatic carbocycles. The summed E-state index contributed by atoms with van der Waals surface area (Å²) in [5.74, 6) is -0.201. The first-order valence-corrected chi connectivity index (χ1v) is 9.55. The van der Waals surface area contributed by atoms with Crippen LogP contribution in [0.3, 0.4) is 0 Å². The van der Waals surface area contributed by atoms with Crippen LogP contribution in [0.1, 0.15) is 23.6 Å². The lowest BCUT2D eigenvalue weighted by molar-refractivity contribution is -0.274. The van der Waals surface area contributed by atoms with Crippen LogP contribution in [0.2, 0.25) is 0 Å². The van der Waals surface area contributed by atoms with E-state index < -0.39 is 12.3 Å². The number of halogens is 3. The summed E-state index contributed by atoms with van der Waals surface area (Å²) >= 11 is 0. The number of alkyl halides is 3. The van der Waals surface area contributed by atoms with E-state index in [9.17, 15) is 18.0 Å². The second kappa shape index (κ2) is 6.45. The zero-order chi connectivity index (χ0) is 20.3. The van der Waals surface area contributed by atoms with E-state index >= 15 is 0 Å². The fraction of sp³-hybridized carbons (Fsp3) is 0.429. The lowest BCUT2D eigenvalue weighted by Gasteiger charge is -2.27. The number of amides is 1. The summed E-state index contributed by atoms with van der Waals surface area (Å²) < 4.78 is 47.5. The number of ether oxygens (including phenoxy) is 2. The van der Waals surface area contributed by atoms with Crippen LogP contribution >= 0.6 is 0 Å². The molecule has 2 bridgehead atoms. The van der Waals surface area contributed by atoms with Crippen molar-refractivity contribution in [1.29, 1.82) is 0 Å². The number of aromatic nitrogens is 1. The number of hydrogen-bond acceptors (Lipinski definition) is 4. The fourth-order valence-corrected chi connectivity index (χ4v) is 4.97. The third-order valence-corrected chi connectivity index (χ3v) is 6.09. The van der Waals surface area contributed by atoms with Gasteiger partial charge in [0.1, 0.15) is 5.75 Å². The number of rotatable bonds is 4. The molecule has 2 saturated heterocycles. The number of benzene rings is 1. The van der Waals surface area contributed by atoms with Crippen LogP contribution in [0.25, 0.3) is 0 Å². The SMILES string of the molecule is Cc1cc([C@@H]2[C@@H](C(=O)Nc3cccc(OC(F)(F)F)c3)[C@@H]3O[C@H]2C2CC23)ccn1. The van der Waals surface area contributed by atoms with Gasteiger partial charge in [0.25, 0.3) is 0 Å². The summed E-state index contributed by atoms with van der Waals surface area (Å²) in [6.45, 7) is 1.90. The van der Waals surface area contributed by atoms with Crippen LogP contribution in [-0.2, 0) is 9.53 Å². The number of carbonyl (C=O) groups is 1. The molecule has 1 aromatic heterocycles. The van der Waals surface area contributed by atoms with Gasteiger partial charge in [-0.2, -0.15) is 0 Å². The monoisotopic (exact) mass is 404 g/mol. The first-order chi connectivity index (χ1) is 13.8. The van der Waals surface area contributed by atoms with Gasteiger partial charge in [-0.15, -0.1) is 13.2 Å². The average Bonchev–Trinajstić information content (AvgIpc) is 3.25. The molecule has 0 spiro atoms. The van der Waals surface area contributed by atoms with E-state index in [1.807, 2.05) is 19.1 Å². The van der Waals surface area contributed by atoms with Crippen LogP contribution in [0.15, 0.2) is 42.6 Å². The maximum absolute atomic E-state index is 13.2. The highest BCUT2D eigenvalue weighted by molar-refractivity contribution is 5.94. The Morgan fingerprint density at radius 1 is 1.21 bits per heavy atom. The largest absolute Gasteiger partial charge is 0.573 e. The van der Waals surface area contributed by atoms with Crippen molar-refractivity contribution in [1.82, 2.24) is 4.98 Å². The first-order valence-electron chi connectivity index (χ1n) is 9.55. The van der Waals surface area contributed by atoms with Crippen molar-refractivity contribution in [3.63, 3.8) is 0 Å². The number of nitrogens with zero attached hydrogens (tertiary/aromatic N) is 1. The number of carbonyl (C=O) groups excluding carboxylic acids is 1. The van der Waals surface area contributed by atoms with Crippen LogP contribution in [0.5, 0.6) is 5.75 Å². The molecule has 1 saturated carbocycles. The van der Waals surface area contributed by atoms with E-state index in [2.05, 4.69) is 15.0 Å². The molecule has 2 aromatic rings. The van der Waals surface area contributed by atoms with E-state index in [1.165, 1.54) is 18.2 Å². The summed E-state index contributed by atoms with van der Waals surface area (Å²) in [7, 11) is 0. The topological polar surface area (TPSA) is 60.5 Å². The van der Waals surface area contributed by atoms with E-state index in [1.54, 1.807) is 12.3 Å². The van der Waals surface area contributed by atoms with Gasteiger partial charge in [0.05, 0.1) is 18.1 Å². The maximum atomic E-state index is 13.2. The van der Waals surface area contributed by atoms with Crippen molar-refractivity contribution in [2.75, 3.05) is 5.32 Å². The molecule has 1 aliphatic carbocycles. The Labute approximate surface area is 165 Å². The molecule has 2 aliphatic heterocycles. The zero-order valence-electron chi connectivity index (χ0n) is 15.5. The number of pyridine rings is 1. The standard InChI is InChI=1S/C21H19F3N2O3/c1-10-7-11(5-6-25-10)16-17(19-15-9-14(15)18(16)28-19)20(27)26-12-3-2-4-13(8-12)29-21(22,23)24/h2-8,14-19H,9H2,1H3,(H,26,27)/t14?,15?,16-,17-,18+,19-/m1/s1. The van der Waals surface area contributed by atoms with Crippen LogP contribution in [0, 0.1) is 24.7 Å². The van der Waals surface area contributed by atoms with Crippen LogP contribution in [0.4, 0.5) is 18.9 Å². The summed E-state index contributed by atoms with van der Waals surface area (Å²) in [4.78, 5) is 17.4. The Morgan fingerprint density at radius 3 is 2.76 bits per heavy atom. The van der Waals surface area contributed by atoms with Crippen molar-refractivity contribution in [3.8, 4) is 5.75 Å². The Bertz CT molecular complexity index is 964. The maximum Gasteiger partial charge on any atom is 0.573 e. The van der Waals surface area contributed by atoms with Crippen LogP contribution < -0.4 is 10.1 Å². The van der Waals surface area contributed by atoms with Gasteiger partial charge in [0.15, 0.2) is 0 Å². The molecule has 3 heterocycles. The second-order valence-electron chi connectivity index (χ2n) is 7.98. The molecule has 3 fully saturated rings. The Morgan fingerprint density at radius 2 is 2.00 bits per heavy atom. The second-order valence-corrected chi connectivity index (χ2v) is 7.98. The molecule has 5 nitrogen and oxygen atoms in total. The van der Waals surface area contributed by atoms with Gasteiger partial charge in [-0.05, 0) is 55.0 Å². The minimum Gasteiger partial charge on any atom is -0.406 e. The fourth-order valence-electron chi connectivity index (χ4n) is 4.97. The minimum absolute atomic E-state index is 0.00227. The Balaban J connectivity index is 1.39. The number of hydrogen-bond donors (Lipinski definition) is 1. The Kier molecular flexibility index (Phi) is 4.10. The van der Waals surface area contributed by atoms with Crippen molar-refractivity contribution >= 4 is 11.6 Å². The molecule has 2 unspecified atom stereocenters. The van der Waals surface area contributed by atoms with Crippen molar-refractivity contribution in [2.24, 2.45) is 17.8 Å². The Hall–Kier alpha value is -2.61. The molecular formula is C21H19F3N2O3. The number of anilines is 1. The highest BCUT2D eigenvalue weighted by atomic mass is 19.4. The molecule has 6 atom stereocenters. The molecule has 3 aliphatic rings. The van der Waals surface area contributed by atoms with E-state index in [0.29, 0.717) is 11.8 Å². The number of nitrogens with one attached hydrogen (secondary N) is 1. The smallest absolute Gasteiger partial charge is 0.406 e. The molecule has 1 amide bonds. The highest BCUT2D eigenvalue weighted by Crippen LogP contribution is 2.65. The van der Waals surface area contributed by atoms with Gasteiger partial charge < -0.3 is 14.8 Å². The van der Waals surface area contributed by atoms with E-state index in [-0.39, 0.29) is 35.5 Å². The quantitative estimate of drug-likeness (QED) is 0.836. The summed E-state index contributed by atoms with van der Waals surface area (Å²) in [5, 5.41) is 2.77. The van der Waals surface area contributed by atoms with Gasteiger partial charge in [0, 0.05) is 29.6 Å². The third-order valence-electron chi connectivity index (χ3n) is 6.09. The number of aryl methyl sites for hydroxylation is 1. The normalized spacial score (nSPS) is 32.0. The zero-order valence-corrected chi connectivity index (χ0v) is 15.5. The van der Waals surface area contributed by atoms with Gasteiger partial charge >= 0.3 is 6.36 Å². The lowest BCUT2D eigenvalue weighted by atomic mass is 9.75. The van der Waals surface area contributed by atoms with Crippen molar-refractivity contribution in [2.45, 2.75) is 37.8 Å². The first kappa shape index (κ1) is 18.4. The molecule has 0 radical (unpaired) electrons. The molecule has 1 N–H and O–H groups in total. The molecular weight excluding hydrogens is 385 g/mol. The highest BCUT2D eigenvalue weighted by Gasteiger charge is 2.68. The predicted molar refractivity (Wildman–Crippen MR) is 97.2 cm³/mol.